The minimum atomic E-state index is -0.945. The Morgan fingerprint density at radius 3 is 2.39 bits per heavy atom. The summed E-state index contributed by atoms with van der Waals surface area (Å²) in [5.41, 5.74) is 0.755. The molecule has 0 saturated carbocycles. The third kappa shape index (κ3) is 6.68. The topological polar surface area (TPSA) is 63.6 Å². The van der Waals surface area contributed by atoms with Crippen molar-refractivity contribution in [1.82, 2.24) is 0 Å². The zero-order valence-corrected chi connectivity index (χ0v) is 14.1. The number of carbonyl (C=O) groups excluding carboxylic acids is 1. The Labute approximate surface area is 138 Å². The second kappa shape index (κ2) is 8.51. The van der Waals surface area contributed by atoms with E-state index in [0.717, 1.165) is 5.56 Å². The monoisotopic (exact) mass is 318 g/mol. The fourth-order valence-electron chi connectivity index (χ4n) is 2.54. The summed E-state index contributed by atoms with van der Waals surface area (Å²) in [6.07, 6.45) is 2.61. The van der Waals surface area contributed by atoms with Gasteiger partial charge in [-0.2, -0.15) is 0 Å². The van der Waals surface area contributed by atoms with Crippen LogP contribution >= 0.6 is 0 Å². The summed E-state index contributed by atoms with van der Waals surface area (Å²) in [5.74, 6) is -2.15. The molecular formula is C19H26O4. The number of rotatable bonds is 9. The van der Waals surface area contributed by atoms with Crippen LogP contribution in [-0.2, 0) is 20.7 Å². The van der Waals surface area contributed by atoms with Gasteiger partial charge in [-0.15, -0.1) is 6.58 Å². The van der Waals surface area contributed by atoms with Gasteiger partial charge in [0.1, 0.15) is 6.10 Å². The summed E-state index contributed by atoms with van der Waals surface area (Å²) in [5, 5.41) is 9.59. The lowest BCUT2D eigenvalue weighted by Crippen LogP contribution is -2.35. The van der Waals surface area contributed by atoms with E-state index >= 15 is 0 Å². The number of allylic oxidation sites excluding steroid dienone is 1. The second-order valence-electron chi connectivity index (χ2n) is 6.51. The van der Waals surface area contributed by atoms with Crippen LogP contribution in [-0.4, -0.2) is 23.1 Å². The third-order valence-corrected chi connectivity index (χ3v) is 3.94. The molecule has 0 aliphatic rings. The molecule has 1 N–H and O–H groups in total. The van der Waals surface area contributed by atoms with E-state index < -0.39 is 24.0 Å². The molecule has 126 valence electrons. The van der Waals surface area contributed by atoms with Crippen molar-refractivity contribution in [2.75, 3.05) is 0 Å². The maximum atomic E-state index is 11.7. The lowest BCUT2D eigenvalue weighted by molar-refractivity contribution is -0.158. The number of aliphatic carboxylic acids is 1. The van der Waals surface area contributed by atoms with Crippen molar-refractivity contribution in [3.8, 4) is 0 Å². The van der Waals surface area contributed by atoms with E-state index in [1.807, 2.05) is 44.2 Å². The standard InChI is InChI=1S/C19H26O4/c1-5-19(3,4)13-16(18(21)22)17(23-14(2)20)12-11-15-9-7-6-8-10-15/h5-10,16-17H,1,11-13H2,2-4H3,(H,21,22). The van der Waals surface area contributed by atoms with E-state index in [0.29, 0.717) is 19.3 Å². The first kappa shape index (κ1) is 18.9. The fourth-order valence-corrected chi connectivity index (χ4v) is 2.54. The van der Waals surface area contributed by atoms with Crippen molar-refractivity contribution in [2.24, 2.45) is 11.3 Å². The van der Waals surface area contributed by atoms with E-state index in [1.165, 1.54) is 6.92 Å². The minimum Gasteiger partial charge on any atom is -0.481 e. The highest BCUT2D eigenvalue weighted by atomic mass is 16.5. The van der Waals surface area contributed by atoms with Crippen molar-refractivity contribution in [3.63, 3.8) is 0 Å². The van der Waals surface area contributed by atoms with Gasteiger partial charge >= 0.3 is 11.9 Å². The van der Waals surface area contributed by atoms with E-state index in [-0.39, 0.29) is 5.41 Å². The normalized spacial score (nSPS) is 13.9. The molecule has 0 aromatic heterocycles. The highest BCUT2D eigenvalue weighted by Crippen LogP contribution is 2.31. The average molecular weight is 318 g/mol. The van der Waals surface area contributed by atoms with Crippen LogP contribution in [0.2, 0.25) is 0 Å². The van der Waals surface area contributed by atoms with Crippen LogP contribution in [0.15, 0.2) is 43.0 Å². The van der Waals surface area contributed by atoms with E-state index in [9.17, 15) is 14.7 Å². The molecule has 4 heteroatoms. The number of hydrogen-bond acceptors (Lipinski definition) is 3. The summed E-state index contributed by atoms with van der Waals surface area (Å²) < 4.78 is 5.33. The Hall–Kier alpha value is -2.10. The quantitative estimate of drug-likeness (QED) is 0.555. The lowest BCUT2D eigenvalue weighted by Gasteiger charge is -2.29. The van der Waals surface area contributed by atoms with Gasteiger partial charge in [-0.3, -0.25) is 9.59 Å². The number of carboxylic acid groups (broad SMARTS) is 1. The highest BCUT2D eigenvalue weighted by Gasteiger charge is 2.34. The van der Waals surface area contributed by atoms with Crippen LogP contribution in [0.5, 0.6) is 0 Å². The molecule has 1 aromatic carbocycles. The summed E-state index contributed by atoms with van der Waals surface area (Å²) >= 11 is 0. The first-order chi connectivity index (χ1) is 10.7. The van der Waals surface area contributed by atoms with Gasteiger partial charge in [0.2, 0.25) is 0 Å². The summed E-state index contributed by atoms with van der Waals surface area (Å²) in [7, 11) is 0. The maximum absolute atomic E-state index is 11.7. The number of ether oxygens (including phenoxy) is 1. The van der Waals surface area contributed by atoms with Crippen molar-refractivity contribution >= 4 is 11.9 Å². The number of carbonyl (C=O) groups is 2. The Morgan fingerprint density at radius 2 is 1.91 bits per heavy atom. The molecule has 2 unspecified atom stereocenters. The van der Waals surface area contributed by atoms with Crippen LogP contribution in [0, 0.1) is 11.3 Å². The molecule has 23 heavy (non-hydrogen) atoms. The molecule has 0 amide bonds. The van der Waals surface area contributed by atoms with Crippen molar-refractivity contribution in [3.05, 3.63) is 48.6 Å². The zero-order chi connectivity index (χ0) is 17.5. The molecule has 0 fully saturated rings. The molecule has 1 aromatic rings. The van der Waals surface area contributed by atoms with Crippen LogP contribution < -0.4 is 0 Å². The van der Waals surface area contributed by atoms with Gasteiger partial charge in [0.15, 0.2) is 0 Å². The molecule has 0 radical (unpaired) electrons. The summed E-state index contributed by atoms with van der Waals surface area (Å²) in [6, 6.07) is 9.76. The number of esters is 1. The molecule has 2 atom stereocenters. The SMILES string of the molecule is C=CC(C)(C)CC(C(=O)O)C(CCc1ccccc1)OC(C)=O. The molecular weight excluding hydrogens is 292 g/mol. The Balaban J connectivity index is 2.89. The summed E-state index contributed by atoms with van der Waals surface area (Å²) in [6.45, 7) is 8.93. The molecule has 0 saturated heterocycles. The van der Waals surface area contributed by atoms with Gasteiger partial charge in [0.05, 0.1) is 5.92 Å². The van der Waals surface area contributed by atoms with E-state index in [2.05, 4.69) is 6.58 Å². The minimum absolute atomic E-state index is 0.339. The Morgan fingerprint density at radius 1 is 1.30 bits per heavy atom. The zero-order valence-electron chi connectivity index (χ0n) is 14.1. The van der Waals surface area contributed by atoms with Crippen LogP contribution in [0.3, 0.4) is 0 Å². The largest absolute Gasteiger partial charge is 0.481 e. The van der Waals surface area contributed by atoms with Gasteiger partial charge in [-0.05, 0) is 30.2 Å². The number of hydrogen-bond donors (Lipinski definition) is 1. The smallest absolute Gasteiger partial charge is 0.310 e. The molecule has 0 spiro atoms. The van der Waals surface area contributed by atoms with Crippen molar-refractivity contribution in [1.29, 1.82) is 0 Å². The molecule has 4 nitrogen and oxygen atoms in total. The lowest BCUT2D eigenvalue weighted by atomic mass is 9.79. The van der Waals surface area contributed by atoms with E-state index in [1.54, 1.807) is 6.08 Å². The molecule has 0 heterocycles. The number of carboxylic acids is 1. The van der Waals surface area contributed by atoms with Crippen LogP contribution in [0.1, 0.15) is 39.2 Å². The van der Waals surface area contributed by atoms with Gasteiger partial charge in [-0.25, -0.2) is 0 Å². The predicted octanol–water partition coefficient (Wildman–Crippen LogP) is 3.85. The van der Waals surface area contributed by atoms with Gasteiger partial charge < -0.3 is 9.84 Å². The first-order valence-electron chi connectivity index (χ1n) is 7.82. The maximum Gasteiger partial charge on any atom is 0.310 e. The highest BCUT2D eigenvalue weighted by molar-refractivity contribution is 5.72. The average Bonchev–Trinajstić information content (AvgIpc) is 2.50. The number of benzene rings is 1. The molecule has 0 bridgehead atoms. The van der Waals surface area contributed by atoms with Gasteiger partial charge in [-0.1, -0.05) is 50.3 Å². The van der Waals surface area contributed by atoms with E-state index in [4.69, 9.17) is 4.74 Å². The van der Waals surface area contributed by atoms with Crippen molar-refractivity contribution < 1.29 is 19.4 Å². The van der Waals surface area contributed by atoms with Crippen molar-refractivity contribution in [2.45, 2.75) is 46.1 Å². The van der Waals surface area contributed by atoms with Crippen LogP contribution in [0.25, 0.3) is 0 Å². The Bertz CT molecular complexity index is 534. The van der Waals surface area contributed by atoms with Crippen LogP contribution in [0.4, 0.5) is 0 Å². The molecule has 1 rings (SSSR count). The van der Waals surface area contributed by atoms with Gasteiger partial charge in [0.25, 0.3) is 0 Å². The van der Waals surface area contributed by atoms with Gasteiger partial charge in [0, 0.05) is 6.92 Å². The molecule has 0 aliphatic heterocycles. The summed E-state index contributed by atoms with van der Waals surface area (Å²) in [4.78, 5) is 23.1. The fraction of sp³-hybridized carbons (Fsp3) is 0.474. The Kier molecular flexibility index (Phi) is 7.01. The predicted molar refractivity (Wildman–Crippen MR) is 90.0 cm³/mol. The first-order valence-corrected chi connectivity index (χ1v) is 7.82. The third-order valence-electron chi connectivity index (χ3n) is 3.94. The molecule has 0 aliphatic carbocycles. The second-order valence-corrected chi connectivity index (χ2v) is 6.51. The number of aryl methyl sites for hydroxylation is 1.